The van der Waals surface area contributed by atoms with E-state index in [2.05, 4.69) is 0 Å². The van der Waals surface area contributed by atoms with Gasteiger partial charge in [-0.25, -0.2) is 8.42 Å². The summed E-state index contributed by atoms with van der Waals surface area (Å²) >= 11 is 8.12. The Morgan fingerprint density at radius 3 is 2.48 bits per heavy atom. The van der Waals surface area contributed by atoms with Crippen molar-refractivity contribution in [1.29, 1.82) is 0 Å². The van der Waals surface area contributed by atoms with Crippen LogP contribution in [0.15, 0.2) is 71.6 Å². The van der Waals surface area contributed by atoms with Crippen LogP contribution in [0.5, 0.6) is 0 Å². The molecule has 0 spiro atoms. The summed E-state index contributed by atoms with van der Waals surface area (Å²) in [4.78, 5) is 0.363. The average Bonchev–Trinajstić information content (AvgIpc) is 2.94. The third-order valence-corrected chi connectivity index (χ3v) is 8.46. The van der Waals surface area contributed by atoms with Gasteiger partial charge in [-0.05, 0) is 41.0 Å². The van der Waals surface area contributed by atoms with Gasteiger partial charge in [-0.2, -0.15) is 16.1 Å². The Hall–Kier alpha value is -1.53. The van der Waals surface area contributed by atoms with Crippen molar-refractivity contribution in [2.24, 2.45) is 0 Å². The number of thioether (sulfide) groups is 1. The number of hydrogen-bond acceptors (Lipinski definition) is 3. The van der Waals surface area contributed by atoms with Crippen LogP contribution in [0.1, 0.15) is 17.2 Å². The van der Waals surface area contributed by atoms with Crippen molar-refractivity contribution < 1.29 is 8.42 Å². The predicted octanol–water partition coefficient (Wildman–Crippen LogP) is 5.36. The van der Waals surface area contributed by atoms with Gasteiger partial charge in [-0.15, -0.1) is 0 Å². The number of fused-ring (bicyclic) bond motifs is 1. The molecule has 0 radical (unpaired) electrons. The van der Waals surface area contributed by atoms with Crippen molar-refractivity contribution in [1.82, 2.24) is 4.31 Å². The van der Waals surface area contributed by atoms with E-state index in [4.69, 9.17) is 11.6 Å². The fraction of sp³-hybridized carbons (Fsp3) is 0.238. The normalized spacial score (nSPS) is 19.1. The molecule has 4 rings (SSSR count). The molecule has 27 heavy (non-hydrogen) atoms. The monoisotopic (exact) mass is 417 g/mol. The van der Waals surface area contributed by atoms with E-state index in [0.717, 1.165) is 33.5 Å². The molecule has 0 aliphatic carbocycles. The Labute approximate surface area is 169 Å². The molecule has 3 aromatic rings. The Morgan fingerprint density at radius 2 is 1.67 bits per heavy atom. The number of sulfonamides is 1. The highest BCUT2D eigenvalue weighted by molar-refractivity contribution is 7.99. The van der Waals surface area contributed by atoms with Crippen molar-refractivity contribution in [3.05, 3.63) is 77.3 Å². The maximum absolute atomic E-state index is 13.2. The summed E-state index contributed by atoms with van der Waals surface area (Å²) in [6.45, 7) is 1.01. The van der Waals surface area contributed by atoms with Crippen molar-refractivity contribution >= 4 is 44.2 Å². The van der Waals surface area contributed by atoms with Gasteiger partial charge >= 0.3 is 0 Å². The number of halogens is 1. The number of nitrogens with zero attached hydrogens (tertiary/aromatic N) is 1. The second-order valence-corrected chi connectivity index (χ2v) is 10.2. The van der Waals surface area contributed by atoms with E-state index in [-0.39, 0.29) is 5.25 Å². The standard InChI is InChI=1S/C21H20ClNO2S2/c22-20-8-4-3-7-19(20)21-11-12-23(13-14-26-21)27(24,25)18-10-9-16-5-1-2-6-17(16)15-18/h1-10,15,21H,11-14H2. The highest BCUT2D eigenvalue weighted by atomic mass is 35.5. The Balaban J connectivity index is 1.58. The van der Waals surface area contributed by atoms with Gasteiger partial charge in [-0.3, -0.25) is 0 Å². The zero-order valence-corrected chi connectivity index (χ0v) is 17.1. The summed E-state index contributed by atoms with van der Waals surface area (Å²) in [6, 6.07) is 21.0. The SMILES string of the molecule is O=S(=O)(c1ccc2ccccc2c1)N1CCSC(c2ccccc2Cl)CC1. The first-order valence-electron chi connectivity index (χ1n) is 8.91. The van der Waals surface area contributed by atoms with Gasteiger partial charge in [0.05, 0.1) is 4.90 Å². The van der Waals surface area contributed by atoms with Crippen LogP contribution in [-0.2, 0) is 10.0 Å². The molecule has 3 aromatic carbocycles. The lowest BCUT2D eigenvalue weighted by atomic mass is 10.1. The summed E-state index contributed by atoms with van der Waals surface area (Å²) in [6.07, 6.45) is 0.751. The molecule has 0 aromatic heterocycles. The molecule has 3 nitrogen and oxygen atoms in total. The molecule has 0 amide bonds. The van der Waals surface area contributed by atoms with E-state index in [1.165, 1.54) is 0 Å². The van der Waals surface area contributed by atoms with Crippen molar-refractivity contribution in [2.45, 2.75) is 16.6 Å². The van der Waals surface area contributed by atoms with Crippen LogP contribution in [0.3, 0.4) is 0 Å². The molecule has 140 valence electrons. The first-order chi connectivity index (χ1) is 13.1. The van der Waals surface area contributed by atoms with Crippen molar-refractivity contribution in [2.75, 3.05) is 18.8 Å². The van der Waals surface area contributed by atoms with Crippen LogP contribution in [-0.4, -0.2) is 31.6 Å². The van der Waals surface area contributed by atoms with Crippen LogP contribution in [0.4, 0.5) is 0 Å². The van der Waals surface area contributed by atoms with Crippen LogP contribution in [0.25, 0.3) is 10.8 Å². The molecular weight excluding hydrogens is 398 g/mol. The Bertz CT molecular complexity index is 1070. The summed E-state index contributed by atoms with van der Waals surface area (Å²) in [5.74, 6) is 0.753. The third-order valence-electron chi connectivity index (χ3n) is 4.91. The van der Waals surface area contributed by atoms with Crippen molar-refractivity contribution in [3.8, 4) is 0 Å². The molecule has 0 saturated carbocycles. The maximum Gasteiger partial charge on any atom is 0.243 e. The minimum atomic E-state index is -3.51. The number of hydrogen-bond donors (Lipinski definition) is 0. The number of rotatable bonds is 3. The zero-order chi connectivity index (χ0) is 18.9. The van der Waals surface area contributed by atoms with Crippen LogP contribution in [0.2, 0.25) is 5.02 Å². The molecule has 1 aliphatic heterocycles. The van der Waals surface area contributed by atoms with E-state index < -0.39 is 10.0 Å². The summed E-state index contributed by atoms with van der Waals surface area (Å²) in [5.41, 5.74) is 1.09. The smallest absolute Gasteiger partial charge is 0.207 e. The molecule has 1 unspecified atom stereocenters. The van der Waals surface area contributed by atoms with Gasteiger partial charge in [0.15, 0.2) is 0 Å². The molecular formula is C21H20ClNO2S2. The van der Waals surface area contributed by atoms with Gasteiger partial charge in [-0.1, -0.05) is 60.1 Å². The molecule has 1 heterocycles. The highest BCUT2D eigenvalue weighted by Crippen LogP contribution is 2.38. The lowest BCUT2D eigenvalue weighted by Gasteiger charge is -2.20. The minimum Gasteiger partial charge on any atom is -0.207 e. The van der Waals surface area contributed by atoms with Gasteiger partial charge in [0, 0.05) is 29.1 Å². The molecule has 1 aliphatic rings. The van der Waals surface area contributed by atoms with Gasteiger partial charge < -0.3 is 0 Å². The van der Waals surface area contributed by atoms with Gasteiger partial charge in [0.1, 0.15) is 0 Å². The third kappa shape index (κ3) is 3.87. The average molecular weight is 418 g/mol. The largest absolute Gasteiger partial charge is 0.243 e. The van der Waals surface area contributed by atoms with E-state index in [1.807, 2.05) is 54.6 Å². The molecule has 1 saturated heterocycles. The quantitative estimate of drug-likeness (QED) is 0.575. The fourth-order valence-corrected chi connectivity index (χ4v) is 6.66. The molecule has 0 bridgehead atoms. The number of benzene rings is 3. The Kier molecular flexibility index (Phi) is 5.46. The summed E-state index contributed by atoms with van der Waals surface area (Å²) in [7, 11) is -3.51. The molecule has 0 N–H and O–H groups in total. The molecule has 1 fully saturated rings. The molecule has 1 atom stereocenters. The lowest BCUT2D eigenvalue weighted by Crippen LogP contribution is -2.33. The van der Waals surface area contributed by atoms with Gasteiger partial charge in [0.25, 0.3) is 0 Å². The van der Waals surface area contributed by atoms with E-state index >= 15 is 0 Å². The van der Waals surface area contributed by atoms with E-state index in [0.29, 0.717) is 18.0 Å². The first-order valence-corrected chi connectivity index (χ1v) is 11.8. The Morgan fingerprint density at radius 1 is 0.926 bits per heavy atom. The van der Waals surface area contributed by atoms with E-state index in [9.17, 15) is 8.42 Å². The fourth-order valence-electron chi connectivity index (χ4n) is 3.45. The van der Waals surface area contributed by atoms with Gasteiger partial charge in [0.2, 0.25) is 10.0 Å². The van der Waals surface area contributed by atoms with Crippen LogP contribution < -0.4 is 0 Å². The topological polar surface area (TPSA) is 37.4 Å². The van der Waals surface area contributed by atoms with Crippen LogP contribution >= 0.6 is 23.4 Å². The second kappa shape index (κ2) is 7.84. The highest BCUT2D eigenvalue weighted by Gasteiger charge is 2.29. The summed E-state index contributed by atoms with van der Waals surface area (Å²) in [5, 5.41) is 2.95. The van der Waals surface area contributed by atoms with Crippen molar-refractivity contribution in [3.63, 3.8) is 0 Å². The zero-order valence-electron chi connectivity index (χ0n) is 14.7. The maximum atomic E-state index is 13.2. The predicted molar refractivity (Wildman–Crippen MR) is 114 cm³/mol. The summed E-state index contributed by atoms with van der Waals surface area (Å²) < 4.78 is 28.0. The minimum absolute atomic E-state index is 0.218. The van der Waals surface area contributed by atoms with Crippen LogP contribution in [0, 0.1) is 0 Å². The first kappa shape index (κ1) is 18.8. The molecule has 6 heteroatoms. The lowest BCUT2D eigenvalue weighted by molar-refractivity contribution is 0.428. The second-order valence-electron chi connectivity index (χ2n) is 6.58. The van der Waals surface area contributed by atoms with E-state index in [1.54, 1.807) is 28.2 Å².